The van der Waals surface area contributed by atoms with E-state index in [1.807, 2.05) is 19.2 Å². The quantitative estimate of drug-likeness (QED) is 0.870. The zero-order valence-corrected chi connectivity index (χ0v) is 10.9. The van der Waals surface area contributed by atoms with E-state index in [-0.39, 0.29) is 11.9 Å². The van der Waals surface area contributed by atoms with Gasteiger partial charge in [-0.3, -0.25) is 0 Å². The minimum Gasteiger partial charge on any atom is -0.309 e. The van der Waals surface area contributed by atoms with Crippen LogP contribution in [0.4, 0.5) is 4.39 Å². The van der Waals surface area contributed by atoms with Crippen molar-refractivity contribution in [2.24, 2.45) is 0 Å². The van der Waals surface area contributed by atoms with Crippen LogP contribution in [0.5, 0.6) is 0 Å². The first-order chi connectivity index (χ1) is 8.27. The van der Waals surface area contributed by atoms with E-state index in [1.165, 1.54) is 16.5 Å². The summed E-state index contributed by atoms with van der Waals surface area (Å²) in [6.45, 7) is 2.12. The fourth-order valence-corrected chi connectivity index (χ4v) is 3.15. The molecule has 1 aromatic carbocycles. The monoisotopic (exact) mass is 249 g/mol. The third-order valence-electron chi connectivity index (χ3n) is 2.93. The summed E-state index contributed by atoms with van der Waals surface area (Å²) in [6.07, 6.45) is 0.978. The van der Waals surface area contributed by atoms with Crippen LogP contribution < -0.4 is 5.32 Å². The minimum absolute atomic E-state index is 0.0499. The van der Waals surface area contributed by atoms with Gasteiger partial charge in [0.25, 0.3) is 0 Å². The summed E-state index contributed by atoms with van der Waals surface area (Å²) in [5.41, 5.74) is 2.00. The molecule has 0 aliphatic carbocycles. The van der Waals surface area contributed by atoms with Crippen LogP contribution in [0.2, 0.25) is 0 Å². The van der Waals surface area contributed by atoms with Crippen molar-refractivity contribution in [3.63, 3.8) is 0 Å². The number of aryl methyl sites for hydroxylation is 1. The Hall–Kier alpha value is -1.19. The van der Waals surface area contributed by atoms with Crippen molar-refractivity contribution in [1.29, 1.82) is 0 Å². The highest BCUT2D eigenvalue weighted by molar-refractivity contribution is 7.10. The average Bonchev–Trinajstić information content (AvgIpc) is 2.81. The van der Waals surface area contributed by atoms with Gasteiger partial charge >= 0.3 is 0 Å². The van der Waals surface area contributed by atoms with E-state index in [0.717, 1.165) is 6.42 Å². The maximum absolute atomic E-state index is 13.8. The van der Waals surface area contributed by atoms with Crippen molar-refractivity contribution >= 4 is 11.3 Å². The Kier molecular flexibility index (Phi) is 3.92. The number of rotatable bonds is 4. The number of benzene rings is 1. The molecule has 1 aromatic heterocycles. The lowest BCUT2D eigenvalue weighted by atomic mass is 10.0. The van der Waals surface area contributed by atoms with E-state index in [0.29, 0.717) is 5.56 Å². The molecular formula is C14H16FNS. The van der Waals surface area contributed by atoms with Crippen LogP contribution in [0.25, 0.3) is 0 Å². The van der Waals surface area contributed by atoms with E-state index in [4.69, 9.17) is 0 Å². The summed E-state index contributed by atoms with van der Waals surface area (Å²) in [4.78, 5) is 1.21. The van der Waals surface area contributed by atoms with E-state index < -0.39 is 0 Å². The Morgan fingerprint density at radius 1 is 1.29 bits per heavy atom. The fraction of sp³-hybridized carbons (Fsp3) is 0.286. The van der Waals surface area contributed by atoms with Crippen LogP contribution in [-0.4, -0.2) is 7.05 Å². The zero-order valence-electron chi connectivity index (χ0n) is 10.0. The molecule has 2 aromatic rings. The number of hydrogen-bond acceptors (Lipinski definition) is 2. The Morgan fingerprint density at radius 3 is 2.71 bits per heavy atom. The molecule has 0 saturated heterocycles. The molecule has 1 atom stereocenters. The summed E-state index contributed by atoms with van der Waals surface area (Å²) >= 11 is 1.68. The number of halogens is 1. The second-order valence-corrected chi connectivity index (χ2v) is 4.85. The van der Waals surface area contributed by atoms with Crippen LogP contribution in [0.15, 0.2) is 35.7 Å². The largest absolute Gasteiger partial charge is 0.309 e. The normalized spacial score (nSPS) is 12.6. The second-order valence-electron chi connectivity index (χ2n) is 3.91. The third-order valence-corrected chi connectivity index (χ3v) is 3.95. The lowest BCUT2D eigenvalue weighted by Crippen LogP contribution is -2.18. The predicted molar refractivity (Wildman–Crippen MR) is 71.0 cm³/mol. The molecule has 0 saturated carbocycles. The van der Waals surface area contributed by atoms with Crippen LogP contribution >= 0.6 is 11.3 Å². The zero-order chi connectivity index (χ0) is 12.3. The second kappa shape index (κ2) is 5.43. The van der Waals surface area contributed by atoms with Crippen molar-refractivity contribution in [2.75, 3.05) is 7.05 Å². The predicted octanol–water partition coefficient (Wildman–Crippen LogP) is 3.76. The van der Waals surface area contributed by atoms with Crippen molar-refractivity contribution in [2.45, 2.75) is 19.4 Å². The number of thiophene rings is 1. The molecule has 1 nitrogen and oxygen atoms in total. The van der Waals surface area contributed by atoms with Crippen LogP contribution in [0.1, 0.15) is 29.0 Å². The lowest BCUT2D eigenvalue weighted by Gasteiger charge is -2.17. The summed E-state index contributed by atoms with van der Waals surface area (Å²) in [5.74, 6) is -0.151. The molecule has 1 N–H and O–H groups in total. The average molecular weight is 249 g/mol. The first kappa shape index (κ1) is 12.3. The van der Waals surface area contributed by atoms with Gasteiger partial charge in [-0.25, -0.2) is 4.39 Å². The molecule has 1 heterocycles. The van der Waals surface area contributed by atoms with Gasteiger partial charge in [0.15, 0.2) is 0 Å². The molecule has 90 valence electrons. The summed E-state index contributed by atoms with van der Waals surface area (Å²) < 4.78 is 13.8. The molecule has 2 rings (SSSR count). The van der Waals surface area contributed by atoms with Crippen LogP contribution in [0, 0.1) is 5.82 Å². The van der Waals surface area contributed by atoms with Gasteiger partial charge in [0.05, 0.1) is 6.04 Å². The molecule has 0 fully saturated rings. The summed E-state index contributed by atoms with van der Waals surface area (Å²) in [7, 11) is 1.87. The van der Waals surface area contributed by atoms with Crippen molar-refractivity contribution in [1.82, 2.24) is 5.32 Å². The number of nitrogens with one attached hydrogen (secondary N) is 1. The highest BCUT2D eigenvalue weighted by atomic mass is 32.1. The Morgan fingerprint density at radius 2 is 2.06 bits per heavy atom. The molecule has 0 bridgehead atoms. The molecule has 0 aliphatic rings. The maximum atomic E-state index is 13.8. The molecule has 1 unspecified atom stereocenters. The van der Waals surface area contributed by atoms with Gasteiger partial charge in [0.2, 0.25) is 0 Å². The molecular weight excluding hydrogens is 233 g/mol. The Balaban J connectivity index is 2.44. The van der Waals surface area contributed by atoms with Crippen molar-refractivity contribution < 1.29 is 4.39 Å². The first-order valence-electron chi connectivity index (χ1n) is 5.75. The van der Waals surface area contributed by atoms with Gasteiger partial charge in [-0.15, -0.1) is 11.3 Å². The lowest BCUT2D eigenvalue weighted by molar-refractivity contribution is 0.578. The molecule has 0 amide bonds. The number of hydrogen-bond donors (Lipinski definition) is 1. The topological polar surface area (TPSA) is 12.0 Å². The summed E-state index contributed by atoms with van der Waals surface area (Å²) in [6, 6.07) is 9.02. The van der Waals surface area contributed by atoms with Gasteiger partial charge in [0.1, 0.15) is 5.82 Å². The van der Waals surface area contributed by atoms with E-state index in [1.54, 1.807) is 17.4 Å². The third kappa shape index (κ3) is 2.40. The Bertz CT molecular complexity index is 492. The van der Waals surface area contributed by atoms with E-state index in [2.05, 4.69) is 23.7 Å². The maximum Gasteiger partial charge on any atom is 0.128 e. The first-order valence-corrected chi connectivity index (χ1v) is 6.63. The summed E-state index contributed by atoms with van der Waals surface area (Å²) in [5, 5.41) is 5.28. The highest BCUT2D eigenvalue weighted by Crippen LogP contribution is 2.31. The van der Waals surface area contributed by atoms with Crippen LogP contribution in [0.3, 0.4) is 0 Å². The van der Waals surface area contributed by atoms with Gasteiger partial charge in [-0.1, -0.05) is 25.1 Å². The standard InChI is InChI=1S/C14H16FNS/c1-3-10-8-9-17-14(10)13(16-2)11-6-4-5-7-12(11)15/h4-9,13,16H,3H2,1-2H3. The van der Waals surface area contributed by atoms with E-state index in [9.17, 15) is 4.39 Å². The molecule has 17 heavy (non-hydrogen) atoms. The smallest absolute Gasteiger partial charge is 0.128 e. The highest BCUT2D eigenvalue weighted by Gasteiger charge is 2.19. The van der Waals surface area contributed by atoms with Gasteiger partial charge in [-0.05, 0) is 36.5 Å². The van der Waals surface area contributed by atoms with Crippen molar-refractivity contribution in [3.05, 3.63) is 57.5 Å². The minimum atomic E-state index is -0.151. The molecule has 0 spiro atoms. The molecule has 0 radical (unpaired) electrons. The molecule has 3 heteroatoms. The van der Waals surface area contributed by atoms with Crippen molar-refractivity contribution in [3.8, 4) is 0 Å². The molecule has 0 aliphatic heterocycles. The fourth-order valence-electron chi connectivity index (χ4n) is 2.03. The van der Waals surface area contributed by atoms with Crippen LogP contribution in [-0.2, 0) is 6.42 Å². The SMILES string of the molecule is CCc1ccsc1C(NC)c1ccccc1F. The Labute approximate surface area is 105 Å². The van der Waals surface area contributed by atoms with Gasteiger partial charge in [-0.2, -0.15) is 0 Å². The van der Waals surface area contributed by atoms with E-state index >= 15 is 0 Å². The van der Waals surface area contributed by atoms with Gasteiger partial charge < -0.3 is 5.32 Å². The van der Waals surface area contributed by atoms with Gasteiger partial charge in [0, 0.05) is 10.4 Å².